The number of carbonyl (C=O) groups is 3. The predicted octanol–water partition coefficient (Wildman–Crippen LogP) is 5.09. The maximum Gasteiger partial charge on any atom is 0.319 e. The van der Waals surface area contributed by atoms with E-state index < -0.39 is 23.8 Å². The van der Waals surface area contributed by atoms with Crippen LogP contribution in [-0.2, 0) is 9.59 Å². The molecule has 3 heterocycles. The molecule has 3 aliphatic heterocycles. The van der Waals surface area contributed by atoms with E-state index in [1.54, 1.807) is 46.9 Å². The second kappa shape index (κ2) is 14.1. The highest BCUT2D eigenvalue weighted by atomic mass is 19.1. The highest BCUT2D eigenvalue weighted by Gasteiger charge is 2.48. The number of anilines is 1. The number of aryl methyl sites for hydroxylation is 1. The molecule has 0 saturated carbocycles. The molecule has 3 aliphatic rings. The van der Waals surface area contributed by atoms with Crippen molar-refractivity contribution in [2.75, 3.05) is 51.5 Å². The van der Waals surface area contributed by atoms with E-state index in [0.717, 1.165) is 31.2 Å². The van der Waals surface area contributed by atoms with Crippen LogP contribution in [0.25, 0.3) is 0 Å². The molecular formula is C34H45FN4O6. The lowest BCUT2D eigenvalue weighted by Gasteiger charge is -2.35. The van der Waals surface area contributed by atoms with Gasteiger partial charge in [0.25, 0.3) is 0 Å². The molecule has 11 heteroatoms. The molecule has 0 unspecified atom stereocenters. The molecule has 2 fully saturated rings. The van der Waals surface area contributed by atoms with Gasteiger partial charge in [0.05, 0.1) is 12.5 Å². The summed E-state index contributed by atoms with van der Waals surface area (Å²) in [5, 5.41) is 10.6. The number of amides is 3. The third-order valence-corrected chi connectivity index (χ3v) is 9.49. The van der Waals surface area contributed by atoms with Crippen LogP contribution in [0.2, 0.25) is 0 Å². The number of hydrogen-bond acceptors (Lipinski definition) is 6. The number of carboxylic acid groups (broad SMARTS) is 1. The third-order valence-electron chi connectivity index (χ3n) is 9.49. The average molecular weight is 625 g/mol. The molecule has 2 aromatic carbocycles. The molecule has 10 nitrogen and oxygen atoms in total. The largest absolute Gasteiger partial charge is 0.481 e. The molecule has 1 N–H and O–H groups in total. The number of benzene rings is 2. The summed E-state index contributed by atoms with van der Waals surface area (Å²) >= 11 is 0. The number of nitrogens with zero attached hydrogens (tertiary/aromatic N) is 4. The molecular weight excluding hydrogens is 579 g/mol. The third kappa shape index (κ3) is 6.88. The van der Waals surface area contributed by atoms with Crippen LogP contribution < -0.4 is 14.4 Å². The second-order valence-electron chi connectivity index (χ2n) is 12.5. The Morgan fingerprint density at radius 2 is 1.80 bits per heavy atom. The van der Waals surface area contributed by atoms with Crippen LogP contribution in [0.1, 0.15) is 63.0 Å². The number of urea groups is 1. The maximum atomic E-state index is 14.4. The minimum absolute atomic E-state index is 0.00367. The number of hydrogen-bond donors (Lipinski definition) is 1. The van der Waals surface area contributed by atoms with Gasteiger partial charge in [0, 0.05) is 56.9 Å². The van der Waals surface area contributed by atoms with Gasteiger partial charge in [-0.1, -0.05) is 32.8 Å². The van der Waals surface area contributed by atoms with Gasteiger partial charge in [-0.15, -0.1) is 0 Å². The topological polar surface area (TPSA) is 103 Å². The highest BCUT2D eigenvalue weighted by molar-refractivity contribution is 5.95. The zero-order chi connectivity index (χ0) is 32.2. The zero-order valence-corrected chi connectivity index (χ0v) is 26.7. The zero-order valence-electron chi connectivity index (χ0n) is 26.7. The smallest absolute Gasteiger partial charge is 0.319 e. The molecule has 0 aliphatic carbocycles. The molecule has 0 spiro atoms. The Labute approximate surface area is 264 Å². The van der Waals surface area contributed by atoms with Crippen molar-refractivity contribution in [3.8, 4) is 11.5 Å². The van der Waals surface area contributed by atoms with Crippen LogP contribution in [0.4, 0.5) is 14.9 Å². The molecule has 2 saturated heterocycles. The van der Waals surface area contributed by atoms with Crippen molar-refractivity contribution in [1.82, 2.24) is 14.7 Å². The van der Waals surface area contributed by atoms with Gasteiger partial charge in [0.1, 0.15) is 5.82 Å². The summed E-state index contributed by atoms with van der Waals surface area (Å²) < 4.78 is 25.4. The average Bonchev–Trinajstić information content (AvgIpc) is 3.71. The Morgan fingerprint density at radius 1 is 1.07 bits per heavy atom. The SMILES string of the molecule is CCCC(CCC)N(C(=O)CN1C[C@H](c2ccc3c(c2)OCO3)[C@@H](C(=O)O)[C@@H]1CCN1CCN(C)C1=O)c1ccc(F)c(C)c1. The number of carbonyl (C=O) groups excluding carboxylic acids is 2. The lowest BCUT2D eigenvalue weighted by molar-refractivity contribution is -0.143. The number of aliphatic carboxylic acids is 1. The van der Waals surface area contributed by atoms with Crippen molar-refractivity contribution in [3.05, 3.63) is 53.3 Å². The van der Waals surface area contributed by atoms with Crippen LogP contribution in [0.3, 0.4) is 0 Å². The monoisotopic (exact) mass is 624 g/mol. The minimum atomic E-state index is -0.941. The summed E-state index contributed by atoms with van der Waals surface area (Å²) in [4.78, 5) is 47.2. The summed E-state index contributed by atoms with van der Waals surface area (Å²) in [7, 11) is 1.76. The standard InChI is InChI=1S/C34H45FN4O6/c1-5-7-24(8-6-2)39(25-10-11-27(35)22(3)17-25)31(40)20-38-19-26(23-9-12-29-30(18-23)45-21-44-29)32(33(41)42)28(38)13-14-37-16-15-36(4)34(37)43/h9-12,17-18,24,26,28,32H,5-8,13-16,19-21H2,1-4H3,(H,41,42)/t26-,28+,32-/m1/s1. The van der Waals surface area contributed by atoms with Gasteiger partial charge in [-0.05, 0) is 67.6 Å². The Bertz CT molecular complexity index is 1400. The second-order valence-corrected chi connectivity index (χ2v) is 12.5. The summed E-state index contributed by atoms with van der Waals surface area (Å²) in [5.41, 5.74) is 1.92. The van der Waals surface area contributed by atoms with Gasteiger partial charge in [-0.2, -0.15) is 0 Å². The van der Waals surface area contributed by atoms with E-state index in [2.05, 4.69) is 13.8 Å². The van der Waals surface area contributed by atoms with Crippen molar-refractivity contribution >= 4 is 23.6 Å². The highest BCUT2D eigenvalue weighted by Crippen LogP contribution is 2.43. The fourth-order valence-corrected chi connectivity index (χ4v) is 7.19. The van der Waals surface area contributed by atoms with Crippen molar-refractivity contribution in [2.45, 2.75) is 70.9 Å². The molecule has 45 heavy (non-hydrogen) atoms. The van der Waals surface area contributed by atoms with Crippen LogP contribution in [0.5, 0.6) is 11.5 Å². The normalized spacial score (nSPS) is 21.3. The lowest BCUT2D eigenvalue weighted by Crippen LogP contribution is -2.48. The first-order valence-corrected chi connectivity index (χ1v) is 16.1. The summed E-state index contributed by atoms with van der Waals surface area (Å²) in [5.74, 6) is -1.44. The predicted molar refractivity (Wildman–Crippen MR) is 168 cm³/mol. The van der Waals surface area contributed by atoms with Crippen LogP contribution in [0.15, 0.2) is 36.4 Å². The van der Waals surface area contributed by atoms with Gasteiger partial charge < -0.3 is 29.3 Å². The van der Waals surface area contributed by atoms with E-state index in [1.807, 2.05) is 17.0 Å². The molecule has 244 valence electrons. The van der Waals surface area contributed by atoms with Crippen molar-refractivity contribution < 1.29 is 33.4 Å². The molecule has 3 atom stereocenters. The molecule has 0 radical (unpaired) electrons. The first-order chi connectivity index (χ1) is 21.6. The van der Waals surface area contributed by atoms with Gasteiger partial charge in [0.15, 0.2) is 11.5 Å². The Morgan fingerprint density at radius 3 is 2.44 bits per heavy atom. The lowest BCUT2D eigenvalue weighted by atomic mass is 9.84. The molecule has 2 aromatic rings. The number of rotatable bonds is 13. The van der Waals surface area contributed by atoms with E-state index >= 15 is 0 Å². The minimum Gasteiger partial charge on any atom is -0.481 e. The van der Waals surface area contributed by atoms with Crippen LogP contribution in [-0.4, -0.2) is 96.4 Å². The Kier molecular flexibility index (Phi) is 10.2. The van der Waals surface area contributed by atoms with E-state index in [-0.39, 0.29) is 37.1 Å². The first kappa shape index (κ1) is 32.5. The number of carboxylic acids is 1. The first-order valence-electron chi connectivity index (χ1n) is 16.1. The fourth-order valence-electron chi connectivity index (χ4n) is 7.19. The number of halogens is 1. The van der Waals surface area contributed by atoms with E-state index in [1.165, 1.54) is 6.07 Å². The Hall–Kier alpha value is -3.86. The van der Waals surface area contributed by atoms with Crippen LogP contribution in [0, 0.1) is 18.7 Å². The number of ether oxygens (including phenoxy) is 2. The quantitative estimate of drug-likeness (QED) is 0.331. The number of fused-ring (bicyclic) bond motifs is 1. The maximum absolute atomic E-state index is 14.4. The Balaban J connectivity index is 1.47. The fraction of sp³-hybridized carbons (Fsp3) is 0.559. The number of likely N-dealkylation sites (tertiary alicyclic amines) is 1. The molecule has 5 rings (SSSR count). The van der Waals surface area contributed by atoms with E-state index in [4.69, 9.17) is 9.47 Å². The molecule has 0 bridgehead atoms. The van der Waals surface area contributed by atoms with E-state index in [0.29, 0.717) is 55.3 Å². The van der Waals surface area contributed by atoms with Gasteiger partial charge in [0.2, 0.25) is 12.7 Å². The van der Waals surface area contributed by atoms with Crippen molar-refractivity contribution in [2.24, 2.45) is 5.92 Å². The summed E-state index contributed by atoms with van der Waals surface area (Å²) in [6.07, 6.45) is 3.76. The number of likely N-dealkylation sites (N-methyl/N-ethyl adjacent to an activating group) is 1. The van der Waals surface area contributed by atoms with E-state index in [9.17, 15) is 23.9 Å². The summed E-state index contributed by atoms with van der Waals surface area (Å²) in [6.45, 7) is 7.93. The van der Waals surface area contributed by atoms with Crippen molar-refractivity contribution in [1.29, 1.82) is 0 Å². The van der Waals surface area contributed by atoms with Crippen LogP contribution >= 0.6 is 0 Å². The van der Waals surface area contributed by atoms with Gasteiger partial charge in [-0.25, -0.2) is 9.18 Å². The molecule has 3 amide bonds. The molecule has 0 aromatic heterocycles. The van der Waals surface area contributed by atoms with Gasteiger partial charge in [-0.3, -0.25) is 14.5 Å². The summed E-state index contributed by atoms with van der Waals surface area (Å²) in [6, 6.07) is 9.66. The van der Waals surface area contributed by atoms with Crippen molar-refractivity contribution in [3.63, 3.8) is 0 Å². The van der Waals surface area contributed by atoms with Gasteiger partial charge >= 0.3 is 12.0 Å².